The average molecular weight is 278 g/mol. The number of aromatic nitrogens is 2. The molecule has 1 aromatic carbocycles. The summed E-state index contributed by atoms with van der Waals surface area (Å²) in [4.78, 5) is 7.10. The number of hydrogen-bond donors (Lipinski definition) is 2. The molecule has 0 bridgehead atoms. The molecule has 5 heteroatoms. The third-order valence-electron chi connectivity index (χ3n) is 2.72. The fraction of sp³-hybridized carbons (Fsp3) is 0.357. The highest BCUT2D eigenvalue weighted by molar-refractivity contribution is 7.98. The lowest BCUT2D eigenvalue weighted by Gasteiger charge is -2.09. The van der Waals surface area contributed by atoms with Gasteiger partial charge in [-0.1, -0.05) is 12.1 Å². The van der Waals surface area contributed by atoms with Gasteiger partial charge in [0.15, 0.2) is 0 Å². The molecule has 0 aliphatic carbocycles. The van der Waals surface area contributed by atoms with Crippen LogP contribution in [0.2, 0.25) is 0 Å². The molecule has 1 unspecified atom stereocenters. The van der Waals surface area contributed by atoms with Crippen LogP contribution in [0.4, 0.5) is 0 Å². The van der Waals surface area contributed by atoms with Crippen molar-refractivity contribution in [1.29, 1.82) is 0 Å². The van der Waals surface area contributed by atoms with Gasteiger partial charge in [-0.25, -0.2) is 4.98 Å². The van der Waals surface area contributed by atoms with Crippen LogP contribution < -0.4 is 4.74 Å². The number of rotatable bonds is 7. The van der Waals surface area contributed by atoms with Crippen LogP contribution in [0.25, 0.3) is 0 Å². The summed E-state index contributed by atoms with van der Waals surface area (Å²) in [6.07, 6.45) is 3.68. The van der Waals surface area contributed by atoms with Crippen molar-refractivity contribution in [3.8, 4) is 5.75 Å². The third kappa shape index (κ3) is 4.61. The first-order valence-electron chi connectivity index (χ1n) is 6.15. The Balaban J connectivity index is 1.70. The molecule has 1 aromatic heterocycles. The van der Waals surface area contributed by atoms with Crippen molar-refractivity contribution in [1.82, 2.24) is 9.97 Å². The number of ether oxygens (including phenoxy) is 1. The van der Waals surface area contributed by atoms with E-state index in [2.05, 4.69) is 9.97 Å². The number of hydrogen-bond acceptors (Lipinski definition) is 4. The second-order valence-electron chi connectivity index (χ2n) is 4.26. The van der Waals surface area contributed by atoms with Gasteiger partial charge in [0.05, 0.1) is 13.2 Å². The Kier molecular flexibility index (Phi) is 5.30. The maximum absolute atomic E-state index is 9.88. The Morgan fingerprint density at radius 2 is 2.16 bits per heavy atom. The quantitative estimate of drug-likeness (QED) is 0.815. The van der Waals surface area contributed by atoms with E-state index in [0.29, 0.717) is 12.2 Å². The van der Waals surface area contributed by atoms with E-state index in [4.69, 9.17) is 4.74 Å². The largest absolute Gasteiger partial charge is 0.497 e. The molecule has 0 radical (unpaired) electrons. The minimum Gasteiger partial charge on any atom is -0.497 e. The number of nitrogens with one attached hydrogen (secondary N) is 1. The van der Waals surface area contributed by atoms with Gasteiger partial charge in [-0.15, -0.1) is 0 Å². The monoisotopic (exact) mass is 278 g/mol. The highest BCUT2D eigenvalue weighted by Crippen LogP contribution is 2.17. The maximum atomic E-state index is 9.88. The van der Waals surface area contributed by atoms with Gasteiger partial charge < -0.3 is 14.8 Å². The average Bonchev–Trinajstić information content (AvgIpc) is 2.92. The topological polar surface area (TPSA) is 58.1 Å². The van der Waals surface area contributed by atoms with Crippen molar-refractivity contribution >= 4 is 11.8 Å². The van der Waals surface area contributed by atoms with Gasteiger partial charge in [0.2, 0.25) is 0 Å². The first kappa shape index (κ1) is 14.0. The summed E-state index contributed by atoms with van der Waals surface area (Å²) in [6.45, 7) is 0. The van der Waals surface area contributed by atoms with Gasteiger partial charge in [0.1, 0.15) is 11.6 Å². The van der Waals surface area contributed by atoms with Crippen LogP contribution >= 0.6 is 11.8 Å². The summed E-state index contributed by atoms with van der Waals surface area (Å²) in [5.41, 5.74) is 1.23. The molecule has 4 nitrogen and oxygen atoms in total. The zero-order valence-corrected chi connectivity index (χ0v) is 11.7. The third-order valence-corrected chi connectivity index (χ3v) is 3.88. The molecule has 0 saturated carbocycles. The SMILES string of the molecule is COc1ccc(CSCC(O)Cc2ncc[nH]2)cc1. The lowest BCUT2D eigenvalue weighted by molar-refractivity contribution is 0.198. The van der Waals surface area contributed by atoms with Gasteiger partial charge in [-0.3, -0.25) is 0 Å². The van der Waals surface area contributed by atoms with E-state index in [0.717, 1.165) is 17.3 Å². The molecule has 1 atom stereocenters. The summed E-state index contributed by atoms with van der Waals surface area (Å²) < 4.78 is 5.11. The van der Waals surface area contributed by atoms with Crippen LogP contribution in [0.3, 0.4) is 0 Å². The lowest BCUT2D eigenvalue weighted by atomic mass is 10.2. The number of aliphatic hydroxyl groups is 1. The first-order chi connectivity index (χ1) is 9.28. The van der Waals surface area contributed by atoms with E-state index in [1.807, 2.05) is 24.3 Å². The molecular formula is C14H18N2O2S. The second-order valence-corrected chi connectivity index (χ2v) is 5.29. The first-order valence-corrected chi connectivity index (χ1v) is 7.30. The summed E-state index contributed by atoms with van der Waals surface area (Å²) >= 11 is 1.72. The molecule has 0 fully saturated rings. The maximum Gasteiger partial charge on any atom is 0.118 e. The van der Waals surface area contributed by atoms with Crippen molar-refractivity contribution in [3.63, 3.8) is 0 Å². The van der Waals surface area contributed by atoms with E-state index in [1.165, 1.54) is 5.56 Å². The smallest absolute Gasteiger partial charge is 0.118 e. The van der Waals surface area contributed by atoms with Crippen molar-refractivity contribution in [2.45, 2.75) is 18.3 Å². The number of nitrogens with zero attached hydrogens (tertiary/aromatic N) is 1. The Morgan fingerprint density at radius 1 is 1.37 bits per heavy atom. The molecule has 1 heterocycles. The fourth-order valence-corrected chi connectivity index (χ4v) is 2.66. The Hall–Kier alpha value is -1.46. The number of benzene rings is 1. The standard InChI is InChI=1S/C14H18N2O2S/c1-18-13-4-2-11(3-5-13)9-19-10-12(17)8-14-15-6-7-16-14/h2-7,12,17H,8-10H2,1H3,(H,15,16). The highest BCUT2D eigenvalue weighted by Gasteiger charge is 2.07. The van der Waals surface area contributed by atoms with E-state index < -0.39 is 0 Å². The normalized spacial score (nSPS) is 12.3. The Morgan fingerprint density at radius 3 is 2.79 bits per heavy atom. The Bertz CT molecular complexity index is 471. The zero-order valence-electron chi connectivity index (χ0n) is 10.9. The predicted molar refractivity (Wildman–Crippen MR) is 77.5 cm³/mol. The van der Waals surface area contributed by atoms with E-state index >= 15 is 0 Å². The number of imidazole rings is 1. The minimum atomic E-state index is -0.366. The number of aromatic amines is 1. The van der Waals surface area contributed by atoms with Crippen LogP contribution in [0.15, 0.2) is 36.7 Å². The van der Waals surface area contributed by atoms with Gasteiger partial charge in [-0.05, 0) is 17.7 Å². The second kappa shape index (κ2) is 7.21. The van der Waals surface area contributed by atoms with Crippen LogP contribution in [0.1, 0.15) is 11.4 Å². The highest BCUT2D eigenvalue weighted by atomic mass is 32.2. The van der Waals surface area contributed by atoms with Gasteiger partial charge >= 0.3 is 0 Å². The molecule has 0 spiro atoms. The molecule has 0 aliphatic rings. The minimum absolute atomic E-state index is 0.366. The van der Waals surface area contributed by atoms with Crippen LogP contribution in [0, 0.1) is 0 Å². The molecule has 2 N–H and O–H groups in total. The van der Waals surface area contributed by atoms with Crippen molar-refractivity contribution in [3.05, 3.63) is 48.0 Å². The summed E-state index contributed by atoms with van der Waals surface area (Å²) in [5.74, 6) is 3.29. The Labute approximate surface area is 117 Å². The molecular weight excluding hydrogens is 260 g/mol. The van der Waals surface area contributed by atoms with Crippen molar-refractivity contribution < 1.29 is 9.84 Å². The number of thioether (sulfide) groups is 1. The van der Waals surface area contributed by atoms with Crippen molar-refractivity contribution in [2.75, 3.05) is 12.9 Å². The fourth-order valence-electron chi connectivity index (χ4n) is 1.73. The number of aliphatic hydroxyl groups excluding tert-OH is 1. The summed E-state index contributed by atoms with van der Waals surface area (Å²) in [5, 5.41) is 9.88. The molecule has 2 rings (SSSR count). The van der Waals surface area contributed by atoms with E-state index in [9.17, 15) is 5.11 Å². The summed E-state index contributed by atoms with van der Waals surface area (Å²) in [6, 6.07) is 8.00. The lowest BCUT2D eigenvalue weighted by Crippen LogP contribution is -2.14. The predicted octanol–water partition coefficient (Wildman–Crippen LogP) is 2.26. The zero-order chi connectivity index (χ0) is 13.5. The van der Waals surface area contributed by atoms with E-state index in [1.54, 1.807) is 31.3 Å². The van der Waals surface area contributed by atoms with Gasteiger partial charge in [-0.2, -0.15) is 11.8 Å². The number of H-pyrrole nitrogens is 1. The molecule has 0 amide bonds. The molecule has 102 valence electrons. The molecule has 19 heavy (non-hydrogen) atoms. The van der Waals surface area contributed by atoms with Crippen LogP contribution in [0.5, 0.6) is 5.75 Å². The van der Waals surface area contributed by atoms with Gasteiger partial charge in [0.25, 0.3) is 0 Å². The number of methoxy groups -OCH3 is 1. The van der Waals surface area contributed by atoms with Crippen LogP contribution in [-0.2, 0) is 12.2 Å². The molecule has 2 aromatic rings. The van der Waals surface area contributed by atoms with E-state index in [-0.39, 0.29) is 6.10 Å². The molecule has 0 aliphatic heterocycles. The van der Waals surface area contributed by atoms with Crippen molar-refractivity contribution in [2.24, 2.45) is 0 Å². The molecule has 0 saturated heterocycles. The van der Waals surface area contributed by atoms with Crippen LogP contribution in [-0.4, -0.2) is 34.0 Å². The van der Waals surface area contributed by atoms with Gasteiger partial charge in [0, 0.05) is 30.3 Å². The summed E-state index contributed by atoms with van der Waals surface area (Å²) in [7, 11) is 1.66.